The van der Waals surface area contributed by atoms with Gasteiger partial charge >= 0.3 is 0 Å². The number of rotatable bonds is 5. The van der Waals surface area contributed by atoms with Crippen molar-refractivity contribution < 1.29 is 9.84 Å². The van der Waals surface area contributed by atoms with Crippen LogP contribution in [0, 0.1) is 17.3 Å². The maximum Gasteiger partial charge on any atom is 0.0576 e. The van der Waals surface area contributed by atoms with Crippen LogP contribution in [0.15, 0.2) is 0 Å². The number of aliphatic hydroxyl groups is 1. The molecule has 3 fully saturated rings. The molecule has 0 radical (unpaired) electrons. The van der Waals surface area contributed by atoms with Crippen LogP contribution in [0.5, 0.6) is 0 Å². The van der Waals surface area contributed by atoms with Gasteiger partial charge in [-0.1, -0.05) is 6.42 Å². The molecule has 1 N–H and O–H groups in total. The van der Waals surface area contributed by atoms with Crippen molar-refractivity contribution in [3.63, 3.8) is 0 Å². The molecule has 16 heavy (non-hydrogen) atoms. The number of ether oxygens (including phenoxy) is 1. The number of hydrogen-bond acceptors (Lipinski definition) is 2. The van der Waals surface area contributed by atoms with Crippen LogP contribution in [0.25, 0.3) is 0 Å². The summed E-state index contributed by atoms with van der Waals surface area (Å²) in [5.41, 5.74) is 0.312. The van der Waals surface area contributed by atoms with E-state index in [1.807, 2.05) is 0 Å². The Labute approximate surface area is 98.4 Å². The Morgan fingerprint density at radius 3 is 2.69 bits per heavy atom. The Kier molecular flexibility index (Phi) is 2.97. The highest BCUT2D eigenvalue weighted by Gasteiger charge is 2.52. The smallest absolute Gasteiger partial charge is 0.0576 e. The predicted octanol–water partition coefficient (Wildman–Crippen LogP) is 2.74. The van der Waals surface area contributed by atoms with E-state index >= 15 is 0 Å². The lowest BCUT2D eigenvalue weighted by molar-refractivity contribution is 0.0799. The summed E-state index contributed by atoms with van der Waals surface area (Å²) in [5.74, 6) is 1.96. The summed E-state index contributed by atoms with van der Waals surface area (Å²) >= 11 is 0. The van der Waals surface area contributed by atoms with E-state index in [-0.39, 0.29) is 0 Å². The van der Waals surface area contributed by atoms with Gasteiger partial charge < -0.3 is 9.84 Å². The third-order valence-corrected chi connectivity index (χ3v) is 5.05. The number of aliphatic hydroxyl groups excluding tert-OH is 1. The zero-order valence-electron chi connectivity index (χ0n) is 10.2. The Bertz CT molecular complexity index is 235. The van der Waals surface area contributed by atoms with E-state index < -0.39 is 0 Å². The normalized spacial score (nSPS) is 45.9. The summed E-state index contributed by atoms with van der Waals surface area (Å²) in [4.78, 5) is 0. The van der Waals surface area contributed by atoms with Crippen molar-refractivity contribution in [3.05, 3.63) is 0 Å². The molecule has 3 aliphatic rings. The molecule has 2 heteroatoms. The molecule has 2 saturated carbocycles. The van der Waals surface area contributed by atoms with Gasteiger partial charge in [-0.15, -0.1) is 0 Å². The second-order valence-corrected chi connectivity index (χ2v) is 6.35. The van der Waals surface area contributed by atoms with Crippen molar-refractivity contribution >= 4 is 0 Å². The molecule has 0 amide bonds. The van der Waals surface area contributed by atoms with Gasteiger partial charge in [-0.25, -0.2) is 0 Å². The molecule has 0 spiro atoms. The predicted molar refractivity (Wildman–Crippen MR) is 63.2 cm³/mol. The number of fused-ring (bicyclic) bond motifs is 1. The van der Waals surface area contributed by atoms with Crippen LogP contribution in [0.1, 0.15) is 51.4 Å². The van der Waals surface area contributed by atoms with Gasteiger partial charge in [0.05, 0.1) is 6.10 Å². The quantitative estimate of drug-likeness (QED) is 0.778. The molecule has 92 valence electrons. The van der Waals surface area contributed by atoms with E-state index in [0.29, 0.717) is 18.1 Å². The van der Waals surface area contributed by atoms with Gasteiger partial charge in [0.15, 0.2) is 0 Å². The third kappa shape index (κ3) is 2.14. The fourth-order valence-electron chi connectivity index (χ4n) is 4.00. The van der Waals surface area contributed by atoms with E-state index in [9.17, 15) is 5.11 Å². The van der Waals surface area contributed by atoms with E-state index in [4.69, 9.17) is 4.74 Å². The zero-order valence-corrected chi connectivity index (χ0v) is 10.2. The van der Waals surface area contributed by atoms with Gasteiger partial charge in [0.1, 0.15) is 0 Å². The van der Waals surface area contributed by atoms with Crippen molar-refractivity contribution in [2.24, 2.45) is 17.3 Å². The monoisotopic (exact) mass is 224 g/mol. The van der Waals surface area contributed by atoms with Crippen LogP contribution in [-0.2, 0) is 4.74 Å². The van der Waals surface area contributed by atoms with Crippen molar-refractivity contribution in [1.82, 2.24) is 0 Å². The maximum absolute atomic E-state index is 9.62. The fraction of sp³-hybridized carbons (Fsp3) is 1.00. The standard InChI is InChI=1S/C14H24O2/c15-10-14(8-11-7-12(11)9-14)5-1-3-13-4-2-6-16-13/h11-13,15H,1-10H2. The first-order valence-electron chi connectivity index (χ1n) is 7.04. The minimum absolute atomic E-state index is 0.312. The molecule has 3 unspecified atom stereocenters. The highest BCUT2D eigenvalue weighted by atomic mass is 16.5. The minimum Gasteiger partial charge on any atom is -0.396 e. The molecule has 1 aliphatic heterocycles. The molecule has 2 aliphatic carbocycles. The van der Waals surface area contributed by atoms with Crippen LogP contribution in [0.2, 0.25) is 0 Å². The maximum atomic E-state index is 9.62. The van der Waals surface area contributed by atoms with Gasteiger partial charge in [0.25, 0.3) is 0 Å². The topological polar surface area (TPSA) is 29.5 Å². The molecule has 1 heterocycles. The van der Waals surface area contributed by atoms with Crippen LogP contribution in [0.3, 0.4) is 0 Å². The van der Waals surface area contributed by atoms with Gasteiger partial charge in [-0.2, -0.15) is 0 Å². The Hall–Kier alpha value is -0.0800. The summed E-state index contributed by atoms with van der Waals surface area (Å²) in [6, 6.07) is 0. The first kappa shape index (κ1) is 11.0. The molecular formula is C14H24O2. The molecule has 1 saturated heterocycles. The summed E-state index contributed by atoms with van der Waals surface area (Å²) in [6.45, 7) is 1.39. The summed E-state index contributed by atoms with van der Waals surface area (Å²) in [7, 11) is 0. The summed E-state index contributed by atoms with van der Waals surface area (Å²) in [5, 5.41) is 9.62. The lowest BCUT2D eigenvalue weighted by Gasteiger charge is -2.29. The summed E-state index contributed by atoms with van der Waals surface area (Å²) in [6.07, 6.45) is 10.8. The van der Waals surface area contributed by atoms with Crippen LogP contribution >= 0.6 is 0 Å². The van der Waals surface area contributed by atoms with Crippen molar-refractivity contribution in [2.75, 3.05) is 13.2 Å². The highest BCUT2D eigenvalue weighted by molar-refractivity contribution is 5.03. The van der Waals surface area contributed by atoms with Crippen LogP contribution in [0.4, 0.5) is 0 Å². The molecule has 3 atom stereocenters. The van der Waals surface area contributed by atoms with Gasteiger partial charge in [0.2, 0.25) is 0 Å². The average Bonchev–Trinajstić information content (AvgIpc) is 2.74. The lowest BCUT2D eigenvalue weighted by Crippen LogP contribution is -2.24. The van der Waals surface area contributed by atoms with E-state index in [1.165, 1.54) is 51.4 Å². The Morgan fingerprint density at radius 1 is 1.25 bits per heavy atom. The Morgan fingerprint density at radius 2 is 2.06 bits per heavy atom. The minimum atomic E-state index is 0.312. The van der Waals surface area contributed by atoms with E-state index in [2.05, 4.69) is 0 Å². The number of hydrogen-bond donors (Lipinski definition) is 1. The molecular weight excluding hydrogens is 200 g/mol. The largest absolute Gasteiger partial charge is 0.396 e. The molecule has 2 nitrogen and oxygen atoms in total. The second-order valence-electron chi connectivity index (χ2n) is 6.35. The molecule has 0 aromatic heterocycles. The van der Waals surface area contributed by atoms with E-state index in [0.717, 1.165) is 18.4 Å². The van der Waals surface area contributed by atoms with Gasteiger partial charge in [0, 0.05) is 13.2 Å². The average molecular weight is 224 g/mol. The van der Waals surface area contributed by atoms with E-state index in [1.54, 1.807) is 0 Å². The first-order chi connectivity index (χ1) is 7.81. The van der Waals surface area contributed by atoms with Gasteiger partial charge in [-0.3, -0.25) is 0 Å². The second kappa shape index (κ2) is 4.30. The van der Waals surface area contributed by atoms with Crippen molar-refractivity contribution in [3.8, 4) is 0 Å². The Balaban J connectivity index is 1.42. The third-order valence-electron chi connectivity index (χ3n) is 5.05. The zero-order chi connectivity index (χ0) is 11.0. The highest BCUT2D eigenvalue weighted by Crippen LogP contribution is 2.61. The molecule has 0 aromatic rings. The first-order valence-corrected chi connectivity index (χ1v) is 7.04. The molecule has 0 bridgehead atoms. The lowest BCUT2D eigenvalue weighted by atomic mass is 9.79. The molecule has 0 aromatic carbocycles. The van der Waals surface area contributed by atoms with Gasteiger partial charge in [-0.05, 0) is 62.2 Å². The SMILES string of the molecule is OCC1(CCCC2CCCO2)CC2CC2C1. The summed E-state index contributed by atoms with van der Waals surface area (Å²) < 4.78 is 5.65. The molecule has 3 rings (SSSR count). The van der Waals surface area contributed by atoms with Crippen LogP contribution < -0.4 is 0 Å². The van der Waals surface area contributed by atoms with Crippen molar-refractivity contribution in [2.45, 2.75) is 57.5 Å². The van der Waals surface area contributed by atoms with Crippen molar-refractivity contribution in [1.29, 1.82) is 0 Å². The van der Waals surface area contributed by atoms with Crippen LogP contribution in [-0.4, -0.2) is 24.4 Å². The fourth-order valence-corrected chi connectivity index (χ4v) is 4.00.